The quantitative estimate of drug-likeness (QED) is 0.512. The summed E-state index contributed by atoms with van der Waals surface area (Å²) in [5, 5.41) is 5.55. The van der Waals surface area contributed by atoms with E-state index in [0.717, 1.165) is 0 Å². The molecule has 1 heterocycles. The first-order valence-electron chi connectivity index (χ1n) is 3.75. The largest absolute Gasteiger partial charge is 0.349 e. The highest BCUT2D eigenvalue weighted by Crippen LogP contribution is 2.24. The maximum Gasteiger partial charge on any atom is 0.0759 e. The fourth-order valence-corrected chi connectivity index (χ4v) is 1.22. The second kappa shape index (κ2) is 2.67. The number of nitrogens with two attached hydrogens (primary N) is 1. The average Bonchev–Trinajstić information content (AvgIpc) is 1.79. The monoisotopic (exact) mass is 129 g/mol. The predicted octanol–water partition coefficient (Wildman–Crippen LogP) is -0.821. The Bertz CT molecular complexity index is 86.9. The third-order valence-electron chi connectivity index (χ3n) is 2.14. The zero-order valence-corrected chi connectivity index (χ0v) is 6.41. The van der Waals surface area contributed by atoms with Gasteiger partial charge in [-0.25, -0.2) is 0 Å². The van der Waals surface area contributed by atoms with Crippen molar-refractivity contribution in [2.45, 2.75) is 13.3 Å². The Morgan fingerprint density at radius 2 is 2.22 bits per heavy atom. The van der Waals surface area contributed by atoms with E-state index in [2.05, 4.69) is 24.6 Å². The SMILES string of the molecule is C[NH2+]CCC1(C)CNC1. The second-order valence-corrected chi connectivity index (χ2v) is 3.36. The van der Waals surface area contributed by atoms with E-state index < -0.39 is 0 Å². The third-order valence-corrected chi connectivity index (χ3v) is 2.14. The van der Waals surface area contributed by atoms with Crippen LogP contribution in [-0.4, -0.2) is 26.7 Å². The van der Waals surface area contributed by atoms with E-state index in [1.807, 2.05) is 0 Å². The van der Waals surface area contributed by atoms with Gasteiger partial charge >= 0.3 is 0 Å². The van der Waals surface area contributed by atoms with Gasteiger partial charge in [-0.1, -0.05) is 6.92 Å². The number of nitrogens with one attached hydrogen (secondary N) is 1. The molecule has 1 saturated heterocycles. The molecule has 2 nitrogen and oxygen atoms in total. The van der Waals surface area contributed by atoms with Gasteiger partial charge in [0.15, 0.2) is 0 Å². The first kappa shape index (κ1) is 7.03. The van der Waals surface area contributed by atoms with Gasteiger partial charge in [-0.2, -0.15) is 0 Å². The molecule has 0 unspecified atom stereocenters. The van der Waals surface area contributed by atoms with Gasteiger partial charge in [-0.15, -0.1) is 0 Å². The molecule has 0 radical (unpaired) electrons. The van der Waals surface area contributed by atoms with Crippen LogP contribution in [0.2, 0.25) is 0 Å². The zero-order chi connectivity index (χ0) is 6.74. The van der Waals surface area contributed by atoms with E-state index in [1.54, 1.807) is 0 Å². The van der Waals surface area contributed by atoms with Crippen LogP contribution in [0.1, 0.15) is 13.3 Å². The molecular formula is C7H17N2+. The molecule has 0 aromatic heterocycles. The maximum absolute atomic E-state index is 3.30. The summed E-state index contributed by atoms with van der Waals surface area (Å²) < 4.78 is 0. The van der Waals surface area contributed by atoms with Crippen LogP contribution in [0.15, 0.2) is 0 Å². The van der Waals surface area contributed by atoms with Crippen LogP contribution in [0.3, 0.4) is 0 Å². The van der Waals surface area contributed by atoms with Crippen LogP contribution in [0.4, 0.5) is 0 Å². The van der Waals surface area contributed by atoms with Gasteiger partial charge in [0.1, 0.15) is 0 Å². The second-order valence-electron chi connectivity index (χ2n) is 3.36. The van der Waals surface area contributed by atoms with Crippen LogP contribution in [0.5, 0.6) is 0 Å². The molecule has 1 rings (SSSR count). The summed E-state index contributed by atoms with van der Waals surface area (Å²) in [6, 6.07) is 0. The van der Waals surface area contributed by atoms with E-state index in [0.29, 0.717) is 5.41 Å². The zero-order valence-electron chi connectivity index (χ0n) is 6.41. The van der Waals surface area contributed by atoms with Crippen LogP contribution < -0.4 is 10.6 Å². The van der Waals surface area contributed by atoms with Crippen molar-refractivity contribution in [2.24, 2.45) is 5.41 Å². The lowest BCUT2D eigenvalue weighted by Gasteiger charge is -2.38. The summed E-state index contributed by atoms with van der Waals surface area (Å²) in [5.41, 5.74) is 0.631. The van der Waals surface area contributed by atoms with Crippen molar-refractivity contribution in [3.8, 4) is 0 Å². The van der Waals surface area contributed by atoms with Crippen molar-refractivity contribution in [2.75, 3.05) is 26.7 Å². The van der Waals surface area contributed by atoms with Crippen molar-refractivity contribution in [1.82, 2.24) is 5.32 Å². The normalized spacial score (nSPS) is 23.3. The van der Waals surface area contributed by atoms with Crippen LogP contribution >= 0.6 is 0 Å². The number of quaternary nitrogens is 1. The molecule has 9 heavy (non-hydrogen) atoms. The van der Waals surface area contributed by atoms with E-state index in [4.69, 9.17) is 0 Å². The molecule has 0 amide bonds. The number of hydrogen-bond donors (Lipinski definition) is 2. The minimum atomic E-state index is 0.631. The van der Waals surface area contributed by atoms with Crippen molar-refractivity contribution in [3.05, 3.63) is 0 Å². The smallest absolute Gasteiger partial charge is 0.0759 e. The molecule has 1 fully saturated rings. The third kappa shape index (κ3) is 1.66. The molecule has 0 aliphatic carbocycles. The molecule has 0 bridgehead atoms. The lowest BCUT2D eigenvalue weighted by Crippen LogP contribution is -2.80. The highest BCUT2D eigenvalue weighted by atomic mass is 15.0. The number of hydrogen-bond acceptors (Lipinski definition) is 1. The Morgan fingerprint density at radius 3 is 2.56 bits per heavy atom. The van der Waals surface area contributed by atoms with Gasteiger partial charge in [0, 0.05) is 19.5 Å². The van der Waals surface area contributed by atoms with E-state index in [9.17, 15) is 0 Å². The van der Waals surface area contributed by atoms with Crippen molar-refractivity contribution < 1.29 is 5.32 Å². The molecule has 0 saturated carbocycles. The van der Waals surface area contributed by atoms with Gasteiger partial charge in [-0.05, 0) is 5.41 Å². The fraction of sp³-hybridized carbons (Fsp3) is 1.00. The minimum Gasteiger partial charge on any atom is -0.349 e. The van der Waals surface area contributed by atoms with Gasteiger partial charge in [0.05, 0.1) is 13.6 Å². The van der Waals surface area contributed by atoms with Crippen molar-refractivity contribution in [3.63, 3.8) is 0 Å². The molecule has 2 heteroatoms. The lowest BCUT2D eigenvalue weighted by molar-refractivity contribution is -0.629. The molecule has 1 aliphatic heterocycles. The molecule has 0 spiro atoms. The predicted molar refractivity (Wildman–Crippen MR) is 38.3 cm³/mol. The van der Waals surface area contributed by atoms with E-state index in [-0.39, 0.29) is 0 Å². The minimum absolute atomic E-state index is 0.631. The van der Waals surface area contributed by atoms with E-state index in [1.165, 1.54) is 26.1 Å². The Labute approximate surface area is 57.0 Å². The van der Waals surface area contributed by atoms with Crippen LogP contribution in [-0.2, 0) is 0 Å². The van der Waals surface area contributed by atoms with Gasteiger partial charge in [0.25, 0.3) is 0 Å². The number of rotatable bonds is 3. The Hall–Kier alpha value is -0.0800. The summed E-state index contributed by atoms with van der Waals surface area (Å²) >= 11 is 0. The first-order chi connectivity index (χ1) is 4.27. The van der Waals surface area contributed by atoms with Gasteiger partial charge in [0.2, 0.25) is 0 Å². The average molecular weight is 129 g/mol. The van der Waals surface area contributed by atoms with Crippen molar-refractivity contribution in [1.29, 1.82) is 0 Å². The lowest BCUT2D eigenvalue weighted by atomic mass is 9.81. The molecule has 0 atom stereocenters. The summed E-state index contributed by atoms with van der Waals surface area (Å²) in [4.78, 5) is 0. The Balaban J connectivity index is 2.09. The Kier molecular flexibility index (Phi) is 2.09. The molecule has 0 aromatic rings. The van der Waals surface area contributed by atoms with Crippen molar-refractivity contribution >= 4 is 0 Å². The van der Waals surface area contributed by atoms with E-state index >= 15 is 0 Å². The molecular weight excluding hydrogens is 112 g/mol. The fourth-order valence-electron chi connectivity index (χ4n) is 1.22. The summed E-state index contributed by atoms with van der Waals surface area (Å²) in [5.74, 6) is 0. The molecule has 54 valence electrons. The van der Waals surface area contributed by atoms with Gasteiger partial charge in [-0.3, -0.25) is 0 Å². The van der Waals surface area contributed by atoms with Crippen LogP contribution in [0, 0.1) is 5.41 Å². The highest BCUT2D eigenvalue weighted by Gasteiger charge is 2.31. The molecule has 0 aromatic carbocycles. The topological polar surface area (TPSA) is 28.6 Å². The maximum atomic E-state index is 3.30. The van der Waals surface area contributed by atoms with Gasteiger partial charge < -0.3 is 10.6 Å². The summed E-state index contributed by atoms with van der Waals surface area (Å²) in [6.07, 6.45) is 1.36. The Morgan fingerprint density at radius 1 is 1.56 bits per heavy atom. The van der Waals surface area contributed by atoms with Crippen LogP contribution in [0.25, 0.3) is 0 Å². The highest BCUT2D eigenvalue weighted by molar-refractivity contribution is 4.87. The summed E-state index contributed by atoms with van der Waals surface area (Å²) in [6.45, 7) is 6.08. The molecule has 3 N–H and O–H groups in total. The standard InChI is InChI=1S/C7H16N2/c1-7(3-4-8-2)5-9-6-7/h8-9H,3-6H2,1-2H3/p+1. The summed E-state index contributed by atoms with van der Waals surface area (Å²) in [7, 11) is 2.13. The first-order valence-corrected chi connectivity index (χ1v) is 3.75. The molecule has 1 aliphatic rings.